The van der Waals surface area contributed by atoms with Gasteiger partial charge in [-0.15, -0.1) is 0 Å². The highest BCUT2D eigenvalue weighted by Crippen LogP contribution is 2.33. The molecule has 28 heavy (non-hydrogen) atoms. The molecule has 7 heteroatoms. The molecule has 0 amide bonds. The monoisotopic (exact) mass is 402 g/mol. The smallest absolute Gasteiger partial charge is 0.260 e. The molecule has 0 aliphatic carbocycles. The Balaban J connectivity index is 2.26. The van der Waals surface area contributed by atoms with Crippen molar-refractivity contribution in [1.29, 1.82) is 0 Å². The van der Waals surface area contributed by atoms with E-state index in [0.717, 1.165) is 12.8 Å². The van der Waals surface area contributed by atoms with Gasteiger partial charge in [0, 0.05) is 31.0 Å². The number of ether oxygens (including phenoxy) is 1. The van der Waals surface area contributed by atoms with Gasteiger partial charge in [0.1, 0.15) is 10.6 Å². The lowest BCUT2D eigenvalue weighted by molar-refractivity contribution is 0.291. The number of aryl methyl sites for hydroxylation is 2. The van der Waals surface area contributed by atoms with Crippen LogP contribution in [0.25, 0.3) is 21.7 Å². The predicted molar refractivity (Wildman–Crippen MR) is 112 cm³/mol. The number of hydrogen-bond acceptors (Lipinski definition) is 5. The Bertz CT molecular complexity index is 1210. The molecule has 2 aromatic heterocycles. The van der Waals surface area contributed by atoms with Gasteiger partial charge in [-0.05, 0) is 43.2 Å². The molecular formula is C21H26N2O4S. The van der Waals surface area contributed by atoms with E-state index in [9.17, 15) is 13.2 Å². The summed E-state index contributed by atoms with van der Waals surface area (Å²) >= 11 is 0. The maximum absolute atomic E-state index is 12.9. The summed E-state index contributed by atoms with van der Waals surface area (Å²) < 4.78 is 32.2. The highest BCUT2D eigenvalue weighted by Gasteiger charge is 2.20. The van der Waals surface area contributed by atoms with Gasteiger partial charge in [0.25, 0.3) is 5.56 Å². The second-order valence-corrected chi connectivity index (χ2v) is 9.64. The van der Waals surface area contributed by atoms with Crippen molar-refractivity contribution in [1.82, 2.24) is 9.55 Å². The minimum absolute atomic E-state index is 0.138. The Hall–Kier alpha value is -2.41. The van der Waals surface area contributed by atoms with Crippen molar-refractivity contribution < 1.29 is 13.2 Å². The van der Waals surface area contributed by atoms with Crippen LogP contribution in [0.2, 0.25) is 0 Å². The van der Waals surface area contributed by atoms with Crippen LogP contribution in [0.1, 0.15) is 32.4 Å². The molecule has 3 rings (SSSR count). The Morgan fingerprint density at radius 3 is 2.57 bits per heavy atom. The number of hydrogen-bond donors (Lipinski definition) is 0. The van der Waals surface area contributed by atoms with E-state index < -0.39 is 9.84 Å². The summed E-state index contributed by atoms with van der Waals surface area (Å²) in [6.45, 7) is 6.47. The van der Waals surface area contributed by atoms with Crippen LogP contribution in [-0.4, -0.2) is 30.8 Å². The zero-order chi connectivity index (χ0) is 20.6. The second-order valence-electron chi connectivity index (χ2n) is 7.66. The SMILES string of the molecule is Cc1nccc2c1c(=O)n(C)c1cc(OCCCC(C)C)c(S(C)(=O)=O)cc21. The van der Waals surface area contributed by atoms with E-state index in [1.54, 1.807) is 38.4 Å². The van der Waals surface area contributed by atoms with Gasteiger partial charge in [-0.1, -0.05) is 13.8 Å². The second kappa shape index (κ2) is 7.54. The Morgan fingerprint density at radius 2 is 1.93 bits per heavy atom. The molecule has 0 fully saturated rings. The summed E-state index contributed by atoms with van der Waals surface area (Å²) in [4.78, 5) is 17.2. The number of fused-ring (bicyclic) bond motifs is 3. The van der Waals surface area contributed by atoms with Crippen LogP contribution >= 0.6 is 0 Å². The lowest BCUT2D eigenvalue weighted by Gasteiger charge is -2.16. The topological polar surface area (TPSA) is 78.3 Å². The van der Waals surface area contributed by atoms with Gasteiger partial charge >= 0.3 is 0 Å². The molecule has 150 valence electrons. The average Bonchev–Trinajstić information content (AvgIpc) is 2.61. The number of nitrogens with zero attached hydrogens (tertiary/aromatic N) is 2. The van der Waals surface area contributed by atoms with E-state index in [1.165, 1.54) is 10.8 Å². The molecule has 1 aromatic carbocycles. The highest BCUT2D eigenvalue weighted by atomic mass is 32.2. The first-order valence-electron chi connectivity index (χ1n) is 9.36. The molecule has 2 heterocycles. The van der Waals surface area contributed by atoms with Crippen molar-refractivity contribution in [2.24, 2.45) is 13.0 Å². The molecule has 0 N–H and O–H groups in total. The van der Waals surface area contributed by atoms with Gasteiger partial charge in [-0.3, -0.25) is 9.78 Å². The largest absolute Gasteiger partial charge is 0.492 e. The van der Waals surface area contributed by atoms with E-state index in [0.29, 0.717) is 45.6 Å². The first-order valence-corrected chi connectivity index (χ1v) is 11.2. The molecule has 0 saturated heterocycles. The van der Waals surface area contributed by atoms with Crippen molar-refractivity contribution in [3.63, 3.8) is 0 Å². The minimum Gasteiger partial charge on any atom is -0.492 e. The summed E-state index contributed by atoms with van der Waals surface area (Å²) in [5.41, 5.74) is 1.09. The third-order valence-corrected chi connectivity index (χ3v) is 6.07. The molecule has 0 aliphatic rings. The Morgan fingerprint density at radius 1 is 1.21 bits per heavy atom. The van der Waals surface area contributed by atoms with E-state index >= 15 is 0 Å². The molecule has 0 bridgehead atoms. The van der Waals surface area contributed by atoms with Crippen molar-refractivity contribution in [3.05, 3.63) is 40.4 Å². The van der Waals surface area contributed by atoms with E-state index in [4.69, 9.17) is 4.74 Å². The van der Waals surface area contributed by atoms with E-state index in [-0.39, 0.29) is 10.5 Å². The molecule has 0 unspecified atom stereocenters. The van der Waals surface area contributed by atoms with Gasteiger partial charge in [0.2, 0.25) is 0 Å². The molecule has 0 atom stereocenters. The van der Waals surface area contributed by atoms with Crippen LogP contribution in [0.4, 0.5) is 0 Å². The fourth-order valence-electron chi connectivity index (χ4n) is 3.46. The fraction of sp³-hybridized carbons (Fsp3) is 0.429. The van der Waals surface area contributed by atoms with Crippen molar-refractivity contribution >= 4 is 31.5 Å². The summed E-state index contributed by atoms with van der Waals surface area (Å²) in [6, 6.07) is 5.03. The molecule has 0 aliphatic heterocycles. The summed E-state index contributed by atoms with van der Waals surface area (Å²) in [7, 11) is -1.83. The van der Waals surface area contributed by atoms with Crippen LogP contribution in [0, 0.1) is 12.8 Å². The number of sulfone groups is 1. The number of benzene rings is 1. The van der Waals surface area contributed by atoms with Crippen LogP contribution in [0.15, 0.2) is 34.1 Å². The van der Waals surface area contributed by atoms with Gasteiger partial charge in [0.05, 0.1) is 23.2 Å². The molecule has 0 radical (unpaired) electrons. The first-order chi connectivity index (χ1) is 13.1. The van der Waals surface area contributed by atoms with Crippen LogP contribution in [0.3, 0.4) is 0 Å². The minimum atomic E-state index is -3.51. The van der Waals surface area contributed by atoms with Crippen molar-refractivity contribution in [2.75, 3.05) is 12.9 Å². The van der Waals surface area contributed by atoms with Crippen LogP contribution < -0.4 is 10.3 Å². The summed E-state index contributed by atoms with van der Waals surface area (Å²) in [5.74, 6) is 0.845. The average molecular weight is 403 g/mol. The van der Waals surface area contributed by atoms with Gasteiger partial charge in [0.15, 0.2) is 9.84 Å². The third kappa shape index (κ3) is 3.76. The third-order valence-electron chi connectivity index (χ3n) is 4.96. The maximum atomic E-state index is 12.9. The molecule has 6 nitrogen and oxygen atoms in total. The molecule has 3 aromatic rings. The molecule has 0 saturated carbocycles. The summed E-state index contributed by atoms with van der Waals surface area (Å²) in [5, 5.41) is 1.89. The number of pyridine rings is 2. The Labute approximate surface area is 165 Å². The summed E-state index contributed by atoms with van der Waals surface area (Å²) in [6.07, 6.45) is 4.64. The Kier molecular flexibility index (Phi) is 5.48. The lowest BCUT2D eigenvalue weighted by Crippen LogP contribution is -2.19. The van der Waals surface area contributed by atoms with Crippen molar-refractivity contribution in [2.45, 2.75) is 38.5 Å². The quantitative estimate of drug-likeness (QED) is 0.465. The molecular weight excluding hydrogens is 376 g/mol. The predicted octanol–water partition coefficient (Wildman–Crippen LogP) is 3.61. The number of aromatic nitrogens is 2. The molecule has 0 spiro atoms. The van der Waals surface area contributed by atoms with Crippen molar-refractivity contribution in [3.8, 4) is 5.75 Å². The normalized spacial score (nSPS) is 12.2. The van der Waals surface area contributed by atoms with E-state index in [1.807, 2.05) is 0 Å². The van der Waals surface area contributed by atoms with Crippen LogP contribution in [0.5, 0.6) is 5.75 Å². The van der Waals surface area contributed by atoms with Gasteiger partial charge in [-0.25, -0.2) is 8.42 Å². The first kappa shape index (κ1) is 20.3. The van der Waals surface area contributed by atoms with E-state index in [2.05, 4.69) is 18.8 Å². The van der Waals surface area contributed by atoms with Crippen LogP contribution in [-0.2, 0) is 16.9 Å². The zero-order valence-corrected chi connectivity index (χ0v) is 17.8. The maximum Gasteiger partial charge on any atom is 0.260 e. The lowest BCUT2D eigenvalue weighted by atomic mass is 10.1. The van der Waals surface area contributed by atoms with Gasteiger partial charge in [-0.2, -0.15) is 0 Å². The van der Waals surface area contributed by atoms with Gasteiger partial charge < -0.3 is 9.30 Å². The highest BCUT2D eigenvalue weighted by molar-refractivity contribution is 7.90. The zero-order valence-electron chi connectivity index (χ0n) is 16.9. The standard InChI is InChI=1S/C21H26N2O4S/c1-13(2)7-6-10-27-18-12-17-16(11-19(18)28(5,25)26)15-8-9-22-14(3)20(15)21(24)23(17)4/h8-9,11-13H,6-7,10H2,1-5H3. The number of rotatable bonds is 6. The fourth-order valence-corrected chi connectivity index (χ4v) is 4.27.